The zero-order chi connectivity index (χ0) is 16.3. The lowest BCUT2D eigenvalue weighted by Gasteiger charge is -2.34. The number of hydrogen-bond donors (Lipinski definition) is 2. The third-order valence-corrected chi connectivity index (χ3v) is 4.94. The third-order valence-electron chi connectivity index (χ3n) is 4.44. The first-order valence-electron chi connectivity index (χ1n) is 8.02. The molecule has 0 amide bonds. The summed E-state index contributed by atoms with van der Waals surface area (Å²) in [6, 6.07) is -0.0909. The molecule has 0 radical (unpaired) electrons. The van der Waals surface area contributed by atoms with Crippen molar-refractivity contribution in [1.82, 2.24) is 5.32 Å². The molecule has 0 spiro atoms. The number of nitrogens with one attached hydrogen (secondary N) is 1. The highest BCUT2D eigenvalue weighted by Gasteiger charge is 2.39. The molecular weight excluding hydrogens is 296 g/mol. The van der Waals surface area contributed by atoms with Gasteiger partial charge in [-0.05, 0) is 69.6 Å². The molecule has 1 N–H and O–H groups in total. The molecular formula is C17H26N2O2S. The molecule has 0 aromatic rings. The van der Waals surface area contributed by atoms with Crippen LogP contribution in [0.15, 0.2) is 26.7 Å². The Morgan fingerprint density at radius 3 is 2.64 bits per heavy atom. The number of aliphatic imine (C=N–C) groups is 1. The van der Waals surface area contributed by atoms with E-state index in [1.54, 1.807) is 0 Å². The van der Waals surface area contributed by atoms with E-state index in [2.05, 4.69) is 22.9 Å². The topological polar surface area (TPSA) is 50.7 Å². The lowest BCUT2D eigenvalue weighted by Crippen LogP contribution is -2.46. The molecule has 122 valence electrons. The van der Waals surface area contributed by atoms with Crippen molar-refractivity contribution in [2.45, 2.75) is 52.5 Å². The molecule has 22 heavy (non-hydrogen) atoms. The van der Waals surface area contributed by atoms with E-state index in [0.29, 0.717) is 6.61 Å². The molecule has 0 aromatic heterocycles. The minimum absolute atomic E-state index is 0.0909. The first kappa shape index (κ1) is 17.3. The van der Waals surface area contributed by atoms with E-state index < -0.39 is 0 Å². The first-order valence-corrected chi connectivity index (χ1v) is 8.47. The van der Waals surface area contributed by atoms with Crippen molar-refractivity contribution in [3.8, 4) is 0 Å². The zero-order valence-electron chi connectivity index (χ0n) is 13.9. The van der Waals surface area contributed by atoms with Gasteiger partial charge in [-0.25, -0.2) is 0 Å². The molecule has 2 rings (SSSR count). The Hall–Kier alpha value is -1.07. The number of allylic oxidation sites excluding steroid dienone is 2. The maximum Gasteiger partial charge on any atom is 0.316 e. The molecule has 2 atom stereocenters. The lowest BCUT2D eigenvalue weighted by atomic mass is 9.79. The standard InChI is InChI=1S/C17H26N2O2S/c1-5-21-17(20)15-11(3)19-10(2)14(16(15)18-4)12-8-6-7-9-13(12)22/h15-16,18,22H,5-9H2,1-4H3. The summed E-state index contributed by atoms with van der Waals surface area (Å²) >= 11 is 4.68. The highest BCUT2D eigenvalue weighted by molar-refractivity contribution is 7.84. The molecule has 4 nitrogen and oxygen atoms in total. The highest BCUT2D eigenvalue weighted by atomic mass is 32.1. The molecule has 0 fully saturated rings. The monoisotopic (exact) mass is 322 g/mol. The number of thiol groups is 1. The van der Waals surface area contributed by atoms with Gasteiger partial charge in [-0.3, -0.25) is 9.79 Å². The molecule has 0 saturated heterocycles. The van der Waals surface area contributed by atoms with Crippen LogP contribution in [0.25, 0.3) is 0 Å². The van der Waals surface area contributed by atoms with Gasteiger partial charge in [0.2, 0.25) is 0 Å². The summed E-state index contributed by atoms with van der Waals surface area (Å²) in [6.07, 6.45) is 4.37. The molecule has 1 aliphatic heterocycles. The average Bonchev–Trinajstić information content (AvgIpc) is 2.47. The summed E-state index contributed by atoms with van der Waals surface area (Å²) < 4.78 is 5.26. The van der Waals surface area contributed by atoms with Crippen molar-refractivity contribution in [3.63, 3.8) is 0 Å². The number of hydrogen-bond acceptors (Lipinski definition) is 5. The second-order valence-electron chi connectivity index (χ2n) is 5.88. The predicted octanol–water partition coefficient (Wildman–Crippen LogP) is 3.26. The van der Waals surface area contributed by atoms with Crippen LogP contribution in [0.1, 0.15) is 46.5 Å². The van der Waals surface area contributed by atoms with Gasteiger partial charge in [0.25, 0.3) is 0 Å². The number of nitrogens with zero attached hydrogens (tertiary/aromatic N) is 1. The Balaban J connectivity index is 2.46. The molecule has 5 heteroatoms. The molecule has 0 aromatic carbocycles. The Morgan fingerprint density at radius 1 is 1.36 bits per heavy atom. The maximum absolute atomic E-state index is 12.4. The third kappa shape index (κ3) is 3.30. The smallest absolute Gasteiger partial charge is 0.316 e. The second kappa shape index (κ2) is 7.47. The van der Waals surface area contributed by atoms with Crippen molar-refractivity contribution in [1.29, 1.82) is 0 Å². The Morgan fingerprint density at radius 2 is 2.05 bits per heavy atom. The second-order valence-corrected chi connectivity index (χ2v) is 6.42. The number of rotatable bonds is 4. The molecule has 0 saturated carbocycles. The van der Waals surface area contributed by atoms with E-state index in [0.717, 1.165) is 34.7 Å². The fourth-order valence-electron chi connectivity index (χ4n) is 3.46. The molecule has 0 bridgehead atoms. The number of carbonyl (C=O) groups is 1. The van der Waals surface area contributed by atoms with Crippen LogP contribution in [0.2, 0.25) is 0 Å². The van der Waals surface area contributed by atoms with E-state index in [4.69, 9.17) is 4.74 Å². The van der Waals surface area contributed by atoms with Crippen molar-refractivity contribution in [2.24, 2.45) is 10.9 Å². The Bertz CT molecular complexity index is 549. The first-order chi connectivity index (χ1) is 10.5. The molecule has 2 unspecified atom stereocenters. The SMILES string of the molecule is CCOC(=O)C1C(C)=NC(C)=C(C2=C(S)CCCC2)C1NC. The van der Waals surface area contributed by atoms with Crippen LogP contribution in [0, 0.1) is 5.92 Å². The minimum Gasteiger partial charge on any atom is -0.465 e. The van der Waals surface area contributed by atoms with Crippen LogP contribution < -0.4 is 5.32 Å². The minimum atomic E-state index is -0.362. The van der Waals surface area contributed by atoms with Crippen LogP contribution in [0.3, 0.4) is 0 Å². The van der Waals surface area contributed by atoms with E-state index in [1.807, 2.05) is 27.8 Å². The van der Waals surface area contributed by atoms with Crippen molar-refractivity contribution in [2.75, 3.05) is 13.7 Å². The quantitative estimate of drug-likeness (QED) is 0.617. The van der Waals surface area contributed by atoms with Crippen molar-refractivity contribution < 1.29 is 9.53 Å². The van der Waals surface area contributed by atoms with Gasteiger partial charge in [-0.1, -0.05) is 0 Å². The summed E-state index contributed by atoms with van der Waals surface area (Å²) in [7, 11) is 1.89. The van der Waals surface area contributed by atoms with Gasteiger partial charge < -0.3 is 10.1 Å². The number of esters is 1. The molecule has 1 heterocycles. The predicted molar refractivity (Wildman–Crippen MR) is 93.3 cm³/mol. The molecule has 2 aliphatic rings. The van der Waals surface area contributed by atoms with Crippen LogP contribution in [-0.2, 0) is 9.53 Å². The summed E-state index contributed by atoms with van der Waals surface area (Å²) in [5.41, 5.74) is 4.20. The van der Waals surface area contributed by atoms with E-state index >= 15 is 0 Å². The van der Waals surface area contributed by atoms with Gasteiger partial charge in [0.05, 0.1) is 12.6 Å². The van der Waals surface area contributed by atoms with Crippen molar-refractivity contribution >= 4 is 24.3 Å². The van der Waals surface area contributed by atoms with Crippen molar-refractivity contribution in [3.05, 3.63) is 21.7 Å². The lowest BCUT2D eigenvalue weighted by molar-refractivity contribution is -0.146. The number of likely N-dealkylation sites (N-methyl/N-ethyl adjacent to an activating group) is 1. The van der Waals surface area contributed by atoms with E-state index in [-0.39, 0.29) is 17.9 Å². The summed E-state index contributed by atoms with van der Waals surface area (Å²) in [4.78, 5) is 18.2. The van der Waals surface area contributed by atoms with Crippen LogP contribution >= 0.6 is 12.6 Å². The fourth-order valence-corrected chi connectivity index (χ4v) is 3.85. The van der Waals surface area contributed by atoms with Gasteiger partial charge >= 0.3 is 5.97 Å². The Labute approximate surface area is 138 Å². The fraction of sp³-hybridized carbons (Fsp3) is 0.647. The molecule has 1 aliphatic carbocycles. The normalized spacial score (nSPS) is 26.1. The van der Waals surface area contributed by atoms with Gasteiger partial charge in [0, 0.05) is 11.4 Å². The van der Waals surface area contributed by atoms with Crippen LogP contribution in [0.4, 0.5) is 0 Å². The highest BCUT2D eigenvalue weighted by Crippen LogP contribution is 2.38. The van der Waals surface area contributed by atoms with Gasteiger partial charge in [0.1, 0.15) is 5.92 Å². The van der Waals surface area contributed by atoms with Gasteiger partial charge in [-0.15, -0.1) is 12.6 Å². The summed E-state index contributed by atoms with van der Waals surface area (Å²) in [5.74, 6) is -0.565. The largest absolute Gasteiger partial charge is 0.465 e. The zero-order valence-corrected chi connectivity index (χ0v) is 14.8. The van der Waals surface area contributed by atoms with E-state index in [9.17, 15) is 4.79 Å². The number of carbonyl (C=O) groups excluding carboxylic acids is 1. The van der Waals surface area contributed by atoms with Crippen LogP contribution in [-0.4, -0.2) is 31.4 Å². The summed E-state index contributed by atoms with van der Waals surface area (Å²) in [6.45, 7) is 6.15. The summed E-state index contributed by atoms with van der Waals surface area (Å²) in [5, 5.41) is 3.31. The maximum atomic E-state index is 12.4. The Kier molecular flexibility index (Phi) is 5.87. The van der Waals surface area contributed by atoms with Crippen LogP contribution in [0.5, 0.6) is 0 Å². The van der Waals surface area contributed by atoms with E-state index in [1.165, 1.54) is 18.4 Å². The average molecular weight is 322 g/mol. The van der Waals surface area contributed by atoms with Gasteiger partial charge in [0.15, 0.2) is 0 Å². The number of ether oxygens (including phenoxy) is 1. The van der Waals surface area contributed by atoms with Gasteiger partial charge in [-0.2, -0.15) is 0 Å².